The van der Waals surface area contributed by atoms with Crippen LogP contribution in [0.15, 0.2) is 83.8 Å². The van der Waals surface area contributed by atoms with Gasteiger partial charge in [0, 0.05) is 23.5 Å². The Kier molecular flexibility index (Phi) is 10.2. The third-order valence-corrected chi connectivity index (χ3v) is 7.11. The summed E-state index contributed by atoms with van der Waals surface area (Å²) >= 11 is 1.68. The first-order valence-electron chi connectivity index (χ1n) is 12.4. The highest BCUT2D eigenvalue weighted by atomic mass is 32.2. The topological polar surface area (TPSA) is 35.5 Å². The molecular weight excluding hydrogens is 436 g/mol. The quantitative estimate of drug-likeness (QED) is 0.272. The van der Waals surface area contributed by atoms with Crippen LogP contribution in [0.1, 0.15) is 44.7 Å². The maximum absolute atomic E-state index is 10.6. The summed E-state index contributed by atoms with van der Waals surface area (Å²) in [5.41, 5.74) is 5.21. The Hall–Kier alpha value is -2.11. The number of aliphatic hydroxyl groups excluding tert-OH is 1. The molecule has 3 aromatic carbocycles. The molecule has 0 fully saturated rings. The van der Waals surface area contributed by atoms with Crippen LogP contribution in [0.5, 0.6) is 0 Å². The Morgan fingerprint density at radius 2 is 1.65 bits per heavy atom. The zero-order chi connectivity index (χ0) is 24.4. The van der Waals surface area contributed by atoms with Crippen molar-refractivity contribution in [2.24, 2.45) is 0 Å². The normalized spacial score (nSPS) is 12.8. The summed E-state index contributed by atoms with van der Waals surface area (Å²) in [5, 5.41) is 14.2. The number of nitrogens with one attached hydrogen (secondary N) is 1. The lowest BCUT2D eigenvalue weighted by atomic mass is 9.95. The van der Waals surface area contributed by atoms with E-state index < -0.39 is 6.10 Å². The molecule has 1 atom stereocenters. The van der Waals surface area contributed by atoms with E-state index in [9.17, 15) is 5.11 Å². The van der Waals surface area contributed by atoms with Crippen LogP contribution in [0.2, 0.25) is 0 Å². The Morgan fingerprint density at radius 1 is 0.912 bits per heavy atom. The minimum Gasteiger partial charge on any atom is -0.390 e. The largest absolute Gasteiger partial charge is 0.390 e. The monoisotopic (exact) mass is 476 g/mol. The Labute approximate surface area is 210 Å². The van der Waals surface area contributed by atoms with Crippen molar-refractivity contribution in [2.75, 3.05) is 20.1 Å². The van der Waals surface area contributed by atoms with E-state index in [2.05, 4.69) is 109 Å². The number of rotatable bonds is 13. The van der Waals surface area contributed by atoms with Crippen molar-refractivity contribution in [3.63, 3.8) is 0 Å². The highest BCUT2D eigenvalue weighted by Crippen LogP contribution is 2.27. The number of hydrogen-bond acceptors (Lipinski definition) is 4. The molecule has 0 radical (unpaired) electrons. The zero-order valence-corrected chi connectivity index (χ0v) is 21.9. The molecule has 0 aliphatic rings. The van der Waals surface area contributed by atoms with E-state index in [1.165, 1.54) is 27.1 Å². The minimum absolute atomic E-state index is 0.00311. The molecule has 4 heteroatoms. The van der Waals surface area contributed by atoms with E-state index in [-0.39, 0.29) is 5.54 Å². The molecule has 34 heavy (non-hydrogen) atoms. The second kappa shape index (κ2) is 13.1. The molecule has 0 bridgehead atoms. The van der Waals surface area contributed by atoms with Crippen LogP contribution in [-0.2, 0) is 12.8 Å². The molecule has 1 unspecified atom stereocenters. The van der Waals surface area contributed by atoms with E-state index in [1.807, 2.05) is 7.05 Å². The van der Waals surface area contributed by atoms with Crippen molar-refractivity contribution in [1.29, 1.82) is 0 Å². The van der Waals surface area contributed by atoms with E-state index >= 15 is 0 Å². The van der Waals surface area contributed by atoms with Crippen LogP contribution in [0.25, 0.3) is 11.1 Å². The van der Waals surface area contributed by atoms with Gasteiger partial charge in [0.15, 0.2) is 0 Å². The average Bonchev–Trinajstić information content (AvgIpc) is 2.83. The number of β-amino-alcohol motifs (C(OH)–C–C–N with tert-alkyl or cyclic N) is 1. The lowest BCUT2D eigenvalue weighted by molar-refractivity contribution is 0.140. The van der Waals surface area contributed by atoms with Crippen molar-refractivity contribution < 1.29 is 5.11 Å². The van der Waals surface area contributed by atoms with Crippen molar-refractivity contribution in [3.8, 4) is 11.1 Å². The van der Waals surface area contributed by atoms with E-state index in [4.69, 9.17) is 0 Å². The summed E-state index contributed by atoms with van der Waals surface area (Å²) in [6.45, 7) is 7.82. The number of aryl methyl sites for hydroxylation is 2. The lowest BCUT2D eigenvalue weighted by Gasteiger charge is -2.29. The van der Waals surface area contributed by atoms with Crippen molar-refractivity contribution >= 4 is 11.9 Å². The maximum Gasteiger partial charge on any atom is 0.0800 e. The average molecular weight is 477 g/mol. The third-order valence-electron chi connectivity index (χ3n) is 6.18. The summed E-state index contributed by atoms with van der Waals surface area (Å²) in [6, 6.07) is 28.1. The van der Waals surface area contributed by atoms with Gasteiger partial charge in [-0.3, -0.25) is 0 Å². The fourth-order valence-electron chi connectivity index (χ4n) is 4.11. The Balaban J connectivity index is 1.43. The van der Waals surface area contributed by atoms with Gasteiger partial charge in [0.1, 0.15) is 0 Å². The molecule has 0 saturated carbocycles. The molecule has 3 aromatic rings. The van der Waals surface area contributed by atoms with E-state index in [0.29, 0.717) is 13.1 Å². The SMILES string of the molecule is CCc1ccc(-c2cccc(SN(C)CC(O)CNC(C)(C)CCCc3ccccc3)c2)cc1. The molecule has 2 N–H and O–H groups in total. The van der Waals surface area contributed by atoms with E-state index in [1.54, 1.807) is 11.9 Å². The first-order chi connectivity index (χ1) is 16.3. The number of hydrogen-bond donors (Lipinski definition) is 2. The predicted molar refractivity (Wildman–Crippen MR) is 147 cm³/mol. The summed E-state index contributed by atoms with van der Waals surface area (Å²) < 4.78 is 2.12. The van der Waals surface area contributed by atoms with Gasteiger partial charge in [-0.1, -0.05) is 73.7 Å². The standard InChI is InChI=1S/C30H40N2OS/c1-5-24-16-18-26(19-17-24)27-14-9-15-29(21-27)34-32(4)23-28(33)22-31-30(2,3)20-10-13-25-11-7-6-8-12-25/h6-9,11-12,14-19,21,28,31,33H,5,10,13,20,22-23H2,1-4H3. The van der Waals surface area contributed by atoms with E-state index in [0.717, 1.165) is 25.7 Å². The van der Waals surface area contributed by atoms with Crippen LogP contribution in [0.3, 0.4) is 0 Å². The van der Waals surface area contributed by atoms with Crippen LogP contribution in [-0.4, -0.2) is 41.2 Å². The number of aliphatic hydroxyl groups is 1. The molecule has 0 heterocycles. The van der Waals surface area contributed by atoms with Gasteiger partial charge < -0.3 is 10.4 Å². The van der Waals surface area contributed by atoms with Crippen molar-refractivity contribution in [1.82, 2.24) is 9.62 Å². The smallest absolute Gasteiger partial charge is 0.0800 e. The predicted octanol–water partition coefficient (Wildman–Crippen LogP) is 6.61. The zero-order valence-electron chi connectivity index (χ0n) is 21.1. The van der Waals surface area contributed by atoms with Crippen molar-refractivity contribution in [2.45, 2.75) is 63.0 Å². The highest BCUT2D eigenvalue weighted by Gasteiger charge is 2.19. The maximum atomic E-state index is 10.6. The van der Waals surface area contributed by atoms with Crippen LogP contribution < -0.4 is 5.32 Å². The highest BCUT2D eigenvalue weighted by molar-refractivity contribution is 7.97. The number of nitrogens with zero attached hydrogens (tertiary/aromatic N) is 1. The molecule has 0 spiro atoms. The van der Waals surface area contributed by atoms with Crippen LogP contribution in [0.4, 0.5) is 0 Å². The summed E-state index contributed by atoms with van der Waals surface area (Å²) in [5.74, 6) is 0. The summed E-state index contributed by atoms with van der Waals surface area (Å²) in [6.07, 6.45) is 3.94. The molecule has 0 aliphatic carbocycles. The van der Waals surface area contributed by atoms with Gasteiger partial charge in [0.25, 0.3) is 0 Å². The molecule has 0 aliphatic heterocycles. The summed E-state index contributed by atoms with van der Waals surface area (Å²) in [4.78, 5) is 1.18. The second-order valence-electron chi connectivity index (χ2n) is 9.74. The van der Waals surface area contributed by atoms with Crippen LogP contribution >= 0.6 is 11.9 Å². The molecular formula is C30H40N2OS. The van der Waals surface area contributed by atoms with Crippen molar-refractivity contribution in [3.05, 3.63) is 90.0 Å². The molecule has 0 amide bonds. The fourth-order valence-corrected chi connectivity index (χ4v) is 5.03. The Bertz CT molecular complexity index is 988. The number of benzene rings is 3. The molecule has 182 valence electrons. The minimum atomic E-state index is -0.421. The van der Waals surface area contributed by atoms with Gasteiger partial charge in [0.05, 0.1) is 6.10 Å². The first kappa shape index (κ1) is 26.5. The van der Waals surface area contributed by atoms with Gasteiger partial charge in [0.2, 0.25) is 0 Å². The molecule has 3 nitrogen and oxygen atoms in total. The summed E-state index contributed by atoms with van der Waals surface area (Å²) in [7, 11) is 2.04. The lowest BCUT2D eigenvalue weighted by Crippen LogP contribution is -2.45. The van der Waals surface area contributed by atoms with Gasteiger partial charge >= 0.3 is 0 Å². The van der Waals surface area contributed by atoms with Gasteiger partial charge in [-0.05, 0) is 92.9 Å². The third kappa shape index (κ3) is 8.92. The molecule has 3 rings (SSSR count). The first-order valence-corrected chi connectivity index (χ1v) is 13.2. The van der Waals surface area contributed by atoms with Gasteiger partial charge in [-0.2, -0.15) is 0 Å². The fraction of sp³-hybridized carbons (Fsp3) is 0.400. The van der Waals surface area contributed by atoms with Crippen LogP contribution in [0, 0.1) is 0 Å². The molecule has 0 aromatic heterocycles. The number of likely N-dealkylation sites (N-methyl/N-ethyl adjacent to an activating group) is 1. The Morgan fingerprint density at radius 3 is 2.35 bits per heavy atom. The van der Waals surface area contributed by atoms with Gasteiger partial charge in [-0.25, -0.2) is 4.31 Å². The second-order valence-corrected chi connectivity index (χ2v) is 11.0. The van der Waals surface area contributed by atoms with Gasteiger partial charge in [-0.15, -0.1) is 0 Å². The molecule has 0 saturated heterocycles.